The van der Waals surface area contributed by atoms with Crippen molar-refractivity contribution in [2.24, 2.45) is 5.92 Å². The summed E-state index contributed by atoms with van der Waals surface area (Å²) in [6, 6.07) is 7.99. The summed E-state index contributed by atoms with van der Waals surface area (Å²) in [6.45, 7) is 14.1. The van der Waals surface area contributed by atoms with Crippen LogP contribution in [-0.4, -0.2) is 22.7 Å². The third-order valence-electron chi connectivity index (χ3n) is 4.59. The van der Waals surface area contributed by atoms with Crippen LogP contribution in [0.2, 0.25) is 0 Å². The Morgan fingerprint density at radius 2 is 1.50 bits per heavy atom. The van der Waals surface area contributed by atoms with Crippen molar-refractivity contribution in [2.45, 2.75) is 54.5 Å². The van der Waals surface area contributed by atoms with E-state index in [1.165, 1.54) is 6.07 Å². The van der Waals surface area contributed by atoms with Crippen molar-refractivity contribution >= 4 is 17.3 Å². The molecule has 2 aromatic rings. The van der Waals surface area contributed by atoms with E-state index in [0.717, 1.165) is 5.92 Å². The summed E-state index contributed by atoms with van der Waals surface area (Å²) in [7, 11) is 0. The van der Waals surface area contributed by atoms with E-state index in [2.05, 4.69) is 26.1 Å². The number of allylic oxidation sites excluding steroid dienone is 5. The summed E-state index contributed by atoms with van der Waals surface area (Å²) >= 11 is 0. The zero-order chi connectivity index (χ0) is 25.4. The average molecular weight is 462 g/mol. The number of nitrogens with one attached hydrogen (secondary N) is 1. The fourth-order valence-corrected chi connectivity index (χ4v) is 3.37. The van der Waals surface area contributed by atoms with Gasteiger partial charge in [0, 0.05) is 23.2 Å². The van der Waals surface area contributed by atoms with E-state index in [1.54, 1.807) is 36.4 Å². The van der Waals surface area contributed by atoms with Crippen LogP contribution in [0, 0.1) is 5.92 Å². The molecule has 0 atom stereocenters. The van der Waals surface area contributed by atoms with Gasteiger partial charge in [0.15, 0.2) is 17.3 Å². The second-order valence-corrected chi connectivity index (χ2v) is 8.95. The van der Waals surface area contributed by atoms with Crippen LogP contribution in [0.5, 0.6) is 11.5 Å². The molecule has 34 heavy (non-hydrogen) atoms. The number of carbonyl (C=O) groups excluding carboxylic acids is 2. The fraction of sp³-hybridized carbons (Fsp3) is 0.310. The maximum absolute atomic E-state index is 13.3. The van der Waals surface area contributed by atoms with Gasteiger partial charge >= 0.3 is 0 Å². The van der Waals surface area contributed by atoms with Gasteiger partial charge in [0.25, 0.3) is 0 Å². The highest BCUT2D eigenvalue weighted by atomic mass is 16.5. The first-order valence-corrected chi connectivity index (χ1v) is 11.6. The second kappa shape index (κ2) is 12.0. The van der Waals surface area contributed by atoms with E-state index in [4.69, 9.17) is 4.74 Å². The van der Waals surface area contributed by atoms with Crippen LogP contribution >= 0.6 is 0 Å². The van der Waals surface area contributed by atoms with Crippen molar-refractivity contribution in [1.29, 1.82) is 0 Å². The smallest absolute Gasteiger partial charge is 0.198 e. The lowest BCUT2D eigenvalue weighted by molar-refractivity contribution is 0.0977. The van der Waals surface area contributed by atoms with Crippen LogP contribution in [0.15, 0.2) is 66.5 Å². The Morgan fingerprint density at radius 1 is 0.941 bits per heavy atom. The molecule has 1 aliphatic rings. The van der Waals surface area contributed by atoms with Gasteiger partial charge in [-0.15, -0.1) is 0 Å². The molecular weight excluding hydrogens is 426 g/mol. The lowest BCUT2D eigenvalue weighted by Gasteiger charge is -2.25. The molecular formula is C29H35NO4. The Hall–Kier alpha value is -3.60. The predicted octanol–water partition coefficient (Wildman–Crippen LogP) is 7.07. The molecule has 0 radical (unpaired) electrons. The van der Waals surface area contributed by atoms with Gasteiger partial charge in [0.05, 0.1) is 16.8 Å². The second-order valence-electron chi connectivity index (χ2n) is 8.95. The quantitative estimate of drug-likeness (QED) is 0.233. The number of hydrogen-bond donors (Lipinski definition) is 2. The van der Waals surface area contributed by atoms with Gasteiger partial charge in [-0.25, -0.2) is 0 Å². The number of benzene rings is 2. The van der Waals surface area contributed by atoms with Gasteiger partial charge < -0.3 is 15.2 Å². The molecule has 1 aliphatic carbocycles. The topological polar surface area (TPSA) is 75.6 Å². The Kier molecular flexibility index (Phi) is 9.43. The molecule has 0 bridgehead atoms. The van der Waals surface area contributed by atoms with Crippen LogP contribution < -0.4 is 10.1 Å². The van der Waals surface area contributed by atoms with E-state index >= 15 is 0 Å². The van der Waals surface area contributed by atoms with E-state index < -0.39 is 0 Å². The molecule has 3 rings (SSSR count). The average Bonchev–Trinajstić information content (AvgIpc) is 2.77. The number of anilines is 1. The number of ketones is 2. The molecule has 0 aromatic heterocycles. The molecule has 0 fully saturated rings. The Balaban J connectivity index is 0.000000945. The zero-order valence-electron chi connectivity index (χ0n) is 21.1. The summed E-state index contributed by atoms with van der Waals surface area (Å²) in [5.74, 6) is 0.641. The molecule has 0 saturated heterocycles. The minimum atomic E-state index is -0.380. The van der Waals surface area contributed by atoms with Crippen LogP contribution in [0.3, 0.4) is 0 Å². The summed E-state index contributed by atoms with van der Waals surface area (Å²) in [5, 5.41) is 13.9. The maximum atomic E-state index is 13.3. The third-order valence-corrected chi connectivity index (χ3v) is 4.59. The fourth-order valence-electron chi connectivity index (χ4n) is 3.37. The van der Waals surface area contributed by atoms with Crippen LogP contribution in [0.25, 0.3) is 0 Å². The molecule has 5 heteroatoms. The number of hydrogen-bond acceptors (Lipinski definition) is 5. The summed E-state index contributed by atoms with van der Waals surface area (Å²) < 4.78 is 6.04. The summed E-state index contributed by atoms with van der Waals surface area (Å²) in [6.07, 6.45) is 9.07. The van der Waals surface area contributed by atoms with Crippen molar-refractivity contribution in [3.63, 3.8) is 0 Å². The number of phenolic OH excluding ortho intramolecular Hbond substituents is 1. The molecule has 0 spiro atoms. The summed E-state index contributed by atoms with van der Waals surface area (Å²) in [4.78, 5) is 26.4. The minimum Gasteiger partial charge on any atom is -0.507 e. The van der Waals surface area contributed by atoms with E-state index in [9.17, 15) is 14.7 Å². The van der Waals surface area contributed by atoms with Gasteiger partial charge in [-0.05, 0) is 45.8 Å². The predicted molar refractivity (Wildman–Crippen MR) is 139 cm³/mol. The van der Waals surface area contributed by atoms with Gasteiger partial charge in [-0.1, -0.05) is 63.3 Å². The molecule has 0 heterocycles. The number of rotatable bonds is 6. The number of aromatic hydroxyl groups is 1. The van der Waals surface area contributed by atoms with Crippen LogP contribution in [0.4, 0.5) is 5.69 Å². The zero-order valence-corrected chi connectivity index (χ0v) is 21.1. The molecule has 0 saturated carbocycles. The molecule has 180 valence electrons. The molecule has 2 aromatic carbocycles. The standard InChI is InChI=1S/C25H25NO4.C4H10/c1-5-7-11-16(10-6-2)30-20-14-19(27)21-22(23(20)26-15(3)4)25(29)18-13-9-8-12-17(18)24(21)28;1-4(2)3/h5-15,26-27H,1-4H3;4H,1-3H3/b7-5-,10-6-,16-11+;. The number of fused-ring (bicyclic) bond motifs is 2. The van der Waals surface area contributed by atoms with Gasteiger partial charge in [0.1, 0.15) is 11.5 Å². The molecule has 2 N–H and O–H groups in total. The highest BCUT2D eigenvalue weighted by Crippen LogP contribution is 2.43. The Morgan fingerprint density at radius 3 is 2.00 bits per heavy atom. The van der Waals surface area contributed by atoms with Crippen molar-refractivity contribution in [3.8, 4) is 11.5 Å². The number of carbonyl (C=O) groups is 2. The molecule has 0 aliphatic heterocycles. The Labute approximate surface area is 202 Å². The van der Waals surface area contributed by atoms with Crippen molar-refractivity contribution in [2.75, 3.05) is 5.32 Å². The minimum absolute atomic E-state index is 0.000725. The molecule has 5 nitrogen and oxygen atoms in total. The number of phenols is 1. The first-order chi connectivity index (χ1) is 16.1. The maximum Gasteiger partial charge on any atom is 0.198 e. The summed E-state index contributed by atoms with van der Waals surface area (Å²) in [5.41, 5.74) is 1.13. The van der Waals surface area contributed by atoms with E-state index in [-0.39, 0.29) is 45.8 Å². The highest BCUT2D eigenvalue weighted by molar-refractivity contribution is 6.31. The van der Waals surface area contributed by atoms with Gasteiger partial charge in [0.2, 0.25) is 0 Å². The highest BCUT2D eigenvalue weighted by Gasteiger charge is 2.36. The lowest BCUT2D eigenvalue weighted by atomic mass is 9.82. The van der Waals surface area contributed by atoms with Crippen molar-refractivity contribution < 1.29 is 19.4 Å². The van der Waals surface area contributed by atoms with Crippen LogP contribution in [0.1, 0.15) is 80.3 Å². The first kappa shape index (κ1) is 26.7. The molecule has 0 amide bonds. The largest absolute Gasteiger partial charge is 0.507 e. The third kappa shape index (κ3) is 6.25. The lowest BCUT2D eigenvalue weighted by Crippen LogP contribution is -2.24. The molecule has 0 unspecified atom stereocenters. The SMILES string of the molecule is CC(C)C.C\C=C/C=C(\C=C/C)Oc1cc(O)c2c(c1NC(C)C)C(=O)c1ccccc1C2=O. The van der Waals surface area contributed by atoms with Gasteiger partial charge in [-0.2, -0.15) is 0 Å². The monoisotopic (exact) mass is 461 g/mol. The van der Waals surface area contributed by atoms with Gasteiger partial charge in [-0.3, -0.25) is 9.59 Å². The first-order valence-electron chi connectivity index (χ1n) is 11.6. The van der Waals surface area contributed by atoms with E-state index in [0.29, 0.717) is 17.0 Å². The van der Waals surface area contributed by atoms with Crippen molar-refractivity contribution in [3.05, 3.63) is 88.7 Å². The normalized spacial score (nSPS) is 13.3. The van der Waals surface area contributed by atoms with Crippen LogP contribution in [-0.2, 0) is 0 Å². The van der Waals surface area contributed by atoms with Crippen molar-refractivity contribution in [1.82, 2.24) is 0 Å². The number of ether oxygens (including phenoxy) is 1. The Bertz CT molecular complexity index is 1130. The van der Waals surface area contributed by atoms with E-state index in [1.807, 2.05) is 45.9 Å².